The number of ether oxygens (including phenoxy) is 12. The molecule has 0 aromatic rings. The summed E-state index contributed by atoms with van der Waals surface area (Å²) in [6, 6.07) is 0. The number of amides is 1. The van der Waals surface area contributed by atoms with E-state index in [0.29, 0.717) is 152 Å². The van der Waals surface area contributed by atoms with Gasteiger partial charge in [0.2, 0.25) is 0 Å². The number of alkyl carbamates (subject to hydrolysis) is 1. The third-order valence-electron chi connectivity index (χ3n) is 4.82. The van der Waals surface area contributed by atoms with E-state index in [9.17, 15) is 4.79 Å². The zero-order chi connectivity index (χ0) is 32.2. The van der Waals surface area contributed by atoms with Crippen LogP contribution in [0.5, 0.6) is 0 Å². The van der Waals surface area contributed by atoms with E-state index in [1.165, 1.54) is 0 Å². The molecule has 44 heavy (non-hydrogen) atoms. The van der Waals surface area contributed by atoms with Crippen molar-refractivity contribution in [3.05, 3.63) is 0 Å². The average Bonchev–Trinajstić information content (AvgIpc) is 2.98. The van der Waals surface area contributed by atoms with Crippen LogP contribution in [0.2, 0.25) is 0 Å². The van der Waals surface area contributed by atoms with E-state index in [1.807, 2.05) is 20.8 Å². The molecule has 0 fully saturated rings. The summed E-state index contributed by atoms with van der Waals surface area (Å²) in [6.45, 7) is 16.3. The van der Waals surface area contributed by atoms with Crippen LogP contribution in [0.1, 0.15) is 20.8 Å². The molecule has 0 aromatic carbocycles. The molecular formula is C30H57NO13. The van der Waals surface area contributed by atoms with Gasteiger partial charge >= 0.3 is 6.09 Å². The lowest BCUT2D eigenvalue weighted by molar-refractivity contribution is -0.0272. The van der Waals surface area contributed by atoms with Crippen LogP contribution in [0.25, 0.3) is 0 Å². The summed E-state index contributed by atoms with van der Waals surface area (Å²) in [5.41, 5.74) is -0.511. The molecular weight excluding hydrogens is 582 g/mol. The van der Waals surface area contributed by atoms with Crippen LogP contribution in [0.15, 0.2) is 0 Å². The fourth-order valence-corrected chi connectivity index (χ4v) is 2.87. The van der Waals surface area contributed by atoms with Gasteiger partial charge < -0.3 is 62.2 Å². The minimum Gasteiger partial charge on any atom is -0.444 e. The molecule has 0 aliphatic carbocycles. The summed E-state index contributed by atoms with van der Waals surface area (Å²) in [7, 11) is 0. The number of terminal acetylenes is 1. The van der Waals surface area contributed by atoms with Crippen molar-refractivity contribution in [2.75, 3.05) is 152 Å². The van der Waals surface area contributed by atoms with Crippen molar-refractivity contribution < 1.29 is 61.6 Å². The van der Waals surface area contributed by atoms with Gasteiger partial charge in [-0.3, -0.25) is 0 Å². The Balaban J connectivity index is 3.09. The number of carbonyl (C=O) groups excluding carboxylic acids is 1. The van der Waals surface area contributed by atoms with Crippen LogP contribution in [0, 0.1) is 12.3 Å². The summed E-state index contributed by atoms with van der Waals surface area (Å²) in [4.78, 5) is 11.5. The number of carbonyl (C=O) groups is 1. The van der Waals surface area contributed by atoms with E-state index in [1.54, 1.807) is 0 Å². The molecule has 0 spiro atoms. The minimum atomic E-state index is -0.511. The van der Waals surface area contributed by atoms with Crippen molar-refractivity contribution in [2.24, 2.45) is 0 Å². The maximum Gasteiger partial charge on any atom is 0.407 e. The van der Waals surface area contributed by atoms with Gasteiger partial charge in [0.15, 0.2) is 0 Å². The highest BCUT2D eigenvalue weighted by Gasteiger charge is 2.15. The minimum absolute atomic E-state index is 0.304. The van der Waals surface area contributed by atoms with E-state index in [0.717, 1.165) is 0 Å². The van der Waals surface area contributed by atoms with Gasteiger partial charge in [0.25, 0.3) is 0 Å². The van der Waals surface area contributed by atoms with E-state index < -0.39 is 11.7 Å². The molecule has 0 aromatic heterocycles. The third-order valence-corrected chi connectivity index (χ3v) is 4.82. The second-order valence-electron chi connectivity index (χ2n) is 9.81. The summed E-state index contributed by atoms with van der Waals surface area (Å²) >= 11 is 0. The molecule has 14 nitrogen and oxygen atoms in total. The Morgan fingerprint density at radius 1 is 0.477 bits per heavy atom. The van der Waals surface area contributed by atoms with Gasteiger partial charge in [0.05, 0.1) is 139 Å². The zero-order valence-corrected chi connectivity index (χ0v) is 27.1. The molecule has 0 rings (SSSR count). The first-order chi connectivity index (χ1) is 21.5. The van der Waals surface area contributed by atoms with Gasteiger partial charge in [-0.1, -0.05) is 5.92 Å². The zero-order valence-electron chi connectivity index (χ0n) is 27.1. The molecule has 0 aliphatic rings. The molecule has 0 saturated heterocycles. The highest BCUT2D eigenvalue weighted by molar-refractivity contribution is 5.67. The smallest absolute Gasteiger partial charge is 0.407 e. The van der Waals surface area contributed by atoms with Crippen molar-refractivity contribution in [1.29, 1.82) is 0 Å². The Hall–Kier alpha value is -1.61. The summed E-state index contributed by atoms with van der Waals surface area (Å²) in [5, 5.41) is 2.63. The van der Waals surface area contributed by atoms with Crippen LogP contribution < -0.4 is 5.32 Å². The Bertz CT molecular complexity index is 643. The maximum absolute atomic E-state index is 11.5. The summed E-state index contributed by atoms with van der Waals surface area (Å²) < 4.78 is 64.5. The molecule has 0 radical (unpaired) electrons. The van der Waals surface area contributed by atoms with Crippen molar-refractivity contribution >= 4 is 6.09 Å². The molecule has 0 aliphatic heterocycles. The lowest BCUT2D eigenvalue weighted by atomic mass is 10.2. The molecule has 0 unspecified atom stereocenters. The number of rotatable bonds is 34. The van der Waals surface area contributed by atoms with E-state index in [4.69, 9.17) is 63.3 Å². The van der Waals surface area contributed by atoms with E-state index in [2.05, 4.69) is 11.2 Å². The molecule has 0 bridgehead atoms. The molecule has 14 heteroatoms. The first-order valence-corrected chi connectivity index (χ1v) is 15.2. The molecule has 0 atom stereocenters. The second-order valence-corrected chi connectivity index (χ2v) is 9.81. The predicted molar refractivity (Wildman–Crippen MR) is 162 cm³/mol. The molecule has 260 valence electrons. The number of hydrogen-bond donors (Lipinski definition) is 1. The molecule has 1 N–H and O–H groups in total. The fourth-order valence-electron chi connectivity index (χ4n) is 2.87. The third kappa shape index (κ3) is 38.4. The maximum atomic E-state index is 11.5. The van der Waals surface area contributed by atoms with Crippen LogP contribution in [-0.4, -0.2) is 164 Å². The Labute approximate surface area is 263 Å². The quantitative estimate of drug-likeness (QED) is 0.0801. The van der Waals surface area contributed by atoms with Gasteiger partial charge in [0, 0.05) is 6.54 Å². The summed E-state index contributed by atoms with van der Waals surface area (Å²) in [5.74, 6) is 2.39. The van der Waals surface area contributed by atoms with Gasteiger partial charge in [0.1, 0.15) is 12.2 Å². The first-order valence-electron chi connectivity index (χ1n) is 15.2. The van der Waals surface area contributed by atoms with Gasteiger partial charge in [-0.2, -0.15) is 0 Å². The molecule has 1 amide bonds. The lowest BCUT2D eigenvalue weighted by Crippen LogP contribution is -2.34. The standard InChI is InChI=1S/C30H57NO13/c1-5-7-33-9-11-35-13-15-37-17-19-39-21-23-41-25-27-43-28-26-42-24-22-40-20-18-38-16-14-36-12-10-34-8-6-31-29(32)44-30(2,3)4/h1H,6-28H2,2-4H3,(H,31,32). The van der Waals surface area contributed by atoms with Crippen LogP contribution >= 0.6 is 0 Å². The molecule has 0 heterocycles. The Kier molecular flexibility index (Phi) is 33.0. The normalized spacial score (nSPS) is 11.5. The van der Waals surface area contributed by atoms with E-state index in [-0.39, 0.29) is 0 Å². The summed E-state index contributed by atoms with van der Waals surface area (Å²) in [6.07, 6.45) is 4.62. The average molecular weight is 640 g/mol. The van der Waals surface area contributed by atoms with Crippen molar-refractivity contribution in [3.63, 3.8) is 0 Å². The van der Waals surface area contributed by atoms with Crippen LogP contribution in [-0.2, 0) is 56.8 Å². The largest absolute Gasteiger partial charge is 0.444 e. The first kappa shape index (κ1) is 42.4. The van der Waals surface area contributed by atoms with Crippen molar-refractivity contribution in [1.82, 2.24) is 5.32 Å². The second kappa shape index (κ2) is 34.3. The van der Waals surface area contributed by atoms with Gasteiger partial charge in [-0.15, -0.1) is 6.42 Å². The fraction of sp³-hybridized carbons (Fsp3) is 0.900. The number of nitrogens with one attached hydrogen (secondary N) is 1. The van der Waals surface area contributed by atoms with Crippen molar-refractivity contribution in [2.45, 2.75) is 26.4 Å². The highest BCUT2D eigenvalue weighted by atomic mass is 16.6. The SMILES string of the molecule is C#CCOCCOCCOCCOCCOCCOCCOCCOCCOCCOCCOCCNC(=O)OC(C)(C)C. The van der Waals surface area contributed by atoms with Gasteiger partial charge in [-0.25, -0.2) is 4.79 Å². The van der Waals surface area contributed by atoms with Crippen LogP contribution in [0.3, 0.4) is 0 Å². The molecule has 0 saturated carbocycles. The predicted octanol–water partition coefficient (Wildman–Crippen LogP) is 1.33. The Morgan fingerprint density at radius 3 is 0.977 bits per heavy atom. The van der Waals surface area contributed by atoms with E-state index >= 15 is 0 Å². The van der Waals surface area contributed by atoms with Crippen LogP contribution in [0.4, 0.5) is 4.79 Å². The van der Waals surface area contributed by atoms with Gasteiger partial charge in [-0.05, 0) is 20.8 Å². The van der Waals surface area contributed by atoms with Crippen molar-refractivity contribution in [3.8, 4) is 12.3 Å². The Morgan fingerprint density at radius 2 is 0.727 bits per heavy atom. The number of hydrogen-bond acceptors (Lipinski definition) is 13. The highest BCUT2D eigenvalue weighted by Crippen LogP contribution is 2.06. The topological polar surface area (TPSA) is 140 Å². The lowest BCUT2D eigenvalue weighted by Gasteiger charge is -2.19. The monoisotopic (exact) mass is 639 g/mol.